The first kappa shape index (κ1) is 26.3. The summed E-state index contributed by atoms with van der Waals surface area (Å²) in [5, 5.41) is 15.9. The molecule has 2 aliphatic heterocycles. The highest BCUT2D eigenvalue weighted by molar-refractivity contribution is 7.91. The van der Waals surface area contributed by atoms with Gasteiger partial charge in [0, 0.05) is 30.6 Å². The number of nitrogens with zero attached hydrogens (tertiary/aromatic N) is 2. The van der Waals surface area contributed by atoms with Gasteiger partial charge in [-0.3, -0.25) is 4.79 Å². The van der Waals surface area contributed by atoms with Crippen LogP contribution in [-0.2, 0) is 37.9 Å². The van der Waals surface area contributed by atoms with Crippen molar-refractivity contribution < 1.29 is 35.5 Å². The van der Waals surface area contributed by atoms with E-state index in [4.69, 9.17) is 0 Å². The van der Waals surface area contributed by atoms with E-state index in [1.54, 1.807) is 0 Å². The van der Waals surface area contributed by atoms with Crippen LogP contribution in [0.1, 0.15) is 30.4 Å². The molecule has 1 aromatic heterocycles. The van der Waals surface area contributed by atoms with Gasteiger partial charge in [0.2, 0.25) is 10.0 Å². The predicted octanol–water partition coefficient (Wildman–Crippen LogP) is 2.86. The molecule has 6 rings (SSSR count). The number of hydrogen-bond acceptors (Lipinski definition) is 8. The summed E-state index contributed by atoms with van der Waals surface area (Å²) in [5.41, 5.74) is 0.279. The third-order valence-electron chi connectivity index (χ3n) is 7.90. The summed E-state index contributed by atoms with van der Waals surface area (Å²) >= 11 is 1.00. The van der Waals surface area contributed by atoms with Crippen molar-refractivity contribution in [3.05, 3.63) is 57.7 Å². The Kier molecular flexibility index (Phi) is 6.13. The van der Waals surface area contributed by atoms with E-state index in [0.717, 1.165) is 49.0 Å². The van der Waals surface area contributed by atoms with Crippen molar-refractivity contribution in [2.45, 2.75) is 43.3 Å². The summed E-state index contributed by atoms with van der Waals surface area (Å²) in [6, 6.07) is 3.03. The Morgan fingerprint density at radius 3 is 2.69 bits per heavy atom. The molecule has 2 aromatic rings. The van der Waals surface area contributed by atoms with E-state index in [2.05, 4.69) is 14.4 Å². The molecule has 3 heterocycles. The molecule has 2 fully saturated rings. The number of aliphatic hydroxyl groups is 1. The smallest absolute Gasteiger partial charge is 0.287 e. The number of sulfonamides is 2. The summed E-state index contributed by atoms with van der Waals surface area (Å²) in [6.45, 7) is -0.319. The molecule has 2 aliphatic carbocycles. The third kappa shape index (κ3) is 4.44. The van der Waals surface area contributed by atoms with Gasteiger partial charge in [0.05, 0.1) is 6.26 Å². The van der Waals surface area contributed by atoms with E-state index in [-0.39, 0.29) is 63.6 Å². The molecule has 2 saturated carbocycles. The SMILES string of the molecule is CS(=O)(=O)NCc1csc2c1S(=O)(=O)N=C(C1=C(O)[C@@H]3[C@H]4CC[C@H](C4)[C@@H]3N(Cc3ccc(F)c(F)c3)C1=O)N2. The number of fused-ring (bicyclic) bond motifs is 6. The molecule has 2 bridgehead atoms. The molecule has 0 radical (unpaired) electrons. The highest BCUT2D eigenvalue weighted by Gasteiger charge is 2.57. The monoisotopic (exact) mass is 598 g/mol. The molecule has 1 amide bonds. The molecule has 4 atom stereocenters. The normalized spacial score (nSPS) is 27.3. The first-order chi connectivity index (χ1) is 18.3. The lowest BCUT2D eigenvalue weighted by atomic mass is 9.77. The van der Waals surface area contributed by atoms with Crippen LogP contribution < -0.4 is 10.0 Å². The Labute approximate surface area is 227 Å². The highest BCUT2D eigenvalue weighted by Crippen LogP contribution is 2.55. The minimum Gasteiger partial charge on any atom is -0.511 e. The van der Waals surface area contributed by atoms with E-state index < -0.39 is 43.5 Å². The highest BCUT2D eigenvalue weighted by atomic mass is 32.2. The predicted molar refractivity (Wildman–Crippen MR) is 139 cm³/mol. The lowest BCUT2D eigenvalue weighted by molar-refractivity contribution is -0.134. The van der Waals surface area contributed by atoms with Gasteiger partial charge in [-0.05, 0) is 54.2 Å². The summed E-state index contributed by atoms with van der Waals surface area (Å²) in [5.74, 6) is -3.50. The van der Waals surface area contributed by atoms with Crippen molar-refractivity contribution in [2.24, 2.45) is 22.2 Å². The Morgan fingerprint density at radius 2 is 1.97 bits per heavy atom. The topological polar surface area (TPSA) is 145 Å². The molecule has 1 aromatic carbocycles. The van der Waals surface area contributed by atoms with Crippen LogP contribution in [0.25, 0.3) is 0 Å². The first-order valence-corrected chi connectivity index (χ1v) is 16.4. The maximum Gasteiger partial charge on any atom is 0.287 e. The zero-order chi connectivity index (χ0) is 27.9. The molecular formula is C24H24F2N4O6S3. The van der Waals surface area contributed by atoms with Gasteiger partial charge in [-0.25, -0.2) is 21.9 Å². The standard InChI is InChI=1S/C24H24F2N4O6S3/c1-38(33,34)27-8-14-10-37-23-21(14)39(35,36)29-22(28-23)18-20(31)17-12-3-4-13(7-12)19(17)30(24(18)32)9-11-2-5-15(25)16(26)6-11/h2,5-6,10,12-13,17,19,27,31H,3-4,7-9H2,1H3,(H,28,29)/t12-,13+,17+,19-/m0/s1. The zero-order valence-corrected chi connectivity index (χ0v) is 23.0. The van der Waals surface area contributed by atoms with Crippen molar-refractivity contribution in [2.75, 3.05) is 11.6 Å². The van der Waals surface area contributed by atoms with Crippen molar-refractivity contribution in [1.29, 1.82) is 0 Å². The van der Waals surface area contributed by atoms with Gasteiger partial charge in [0.25, 0.3) is 15.9 Å². The third-order valence-corrected chi connectivity index (χ3v) is 11.0. The minimum absolute atomic E-state index is 0.0528. The number of halogens is 2. The number of benzene rings is 1. The number of hydrogen-bond donors (Lipinski definition) is 3. The number of anilines is 1. The number of nitrogens with one attached hydrogen (secondary N) is 2. The van der Waals surface area contributed by atoms with Crippen LogP contribution in [0.3, 0.4) is 0 Å². The lowest BCUT2D eigenvalue weighted by Crippen LogP contribution is -2.53. The van der Waals surface area contributed by atoms with Gasteiger partial charge in [-0.2, -0.15) is 8.42 Å². The Morgan fingerprint density at radius 1 is 1.23 bits per heavy atom. The fourth-order valence-electron chi connectivity index (χ4n) is 6.37. The summed E-state index contributed by atoms with van der Waals surface area (Å²) < 4.78 is 83.1. The van der Waals surface area contributed by atoms with Gasteiger partial charge in [-0.1, -0.05) is 6.07 Å². The fourth-order valence-corrected chi connectivity index (χ4v) is 9.40. The van der Waals surface area contributed by atoms with Crippen LogP contribution in [-0.4, -0.2) is 50.9 Å². The number of rotatable bonds is 6. The van der Waals surface area contributed by atoms with E-state index >= 15 is 0 Å². The quantitative estimate of drug-likeness (QED) is 0.464. The van der Waals surface area contributed by atoms with Crippen LogP contribution in [0.2, 0.25) is 0 Å². The summed E-state index contributed by atoms with van der Waals surface area (Å²) in [6.07, 6.45) is 3.46. The second-order valence-electron chi connectivity index (χ2n) is 10.3. The Bertz CT molecular complexity index is 1680. The van der Waals surface area contributed by atoms with Crippen molar-refractivity contribution in [3.8, 4) is 0 Å². The van der Waals surface area contributed by atoms with Crippen LogP contribution in [0, 0.1) is 29.4 Å². The lowest BCUT2D eigenvalue weighted by Gasteiger charge is -2.44. The Balaban J connectivity index is 1.39. The first-order valence-electron chi connectivity index (χ1n) is 12.2. The van der Waals surface area contributed by atoms with Crippen LogP contribution >= 0.6 is 11.3 Å². The second-order valence-corrected chi connectivity index (χ2v) is 14.6. The molecule has 0 saturated heterocycles. The van der Waals surface area contributed by atoms with E-state index in [1.165, 1.54) is 16.3 Å². The molecular weight excluding hydrogens is 574 g/mol. The van der Waals surface area contributed by atoms with Crippen LogP contribution in [0.5, 0.6) is 0 Å². The van der Waals surface area contributed by atoms with Crippen LogP contribution in [0.15, 0.2) is 44.2 Å². The molecule has 0 spiro atoms. The summed E-state index contributed by atoms with van der Waals surface area (Å²) in [4.78, 5) is 15.2. The molecule has 15 heteroatoms. The second kappa shape index (κ2) is 9.08. The number of carbonyl (C=O) groups is 1. The van der Waals surface area contributed by atoms with Crippen molar-refractivity contribution in [1.82, 2.24) is 9.62 Å². The molecule has 3 N–H and O–H groups in total. The average molecular weight is 599 g/mol. The van der Waals surface area contributed by atoms with Gasteiger partial charge < -0.3 is 15.3 Å². The Hall–Kier alpha value is -2.88. The molecule has 0 unspecified atom stereocenters. The number of amides is 1. The molecule has 208 valence electrons. The van der Waals surface area contributed by atoms with Gasteiger partial charge >= 0.3 is 0 Å². The van der Waals surface area contributed by atoms with E-state index in [9.17, 15) is 35.5 Å². The van der Waals surface area contributed by atoms with Crippen LogP contribution in [0.4, 0.5) is 13.8 Å². The molecule has 4 aliphatic rings. The number of thiophene rings is 1. The van der Waals surface area contributed by atoms with Gasteiger partial charge in [0.15, 0.2) is 17.5 Å². The summed E-state index contributed by atoms with van der Waals surface area (Å²) in [7, 11) is -7.96. The molecule has 39 heavy (non-hydrogen) atoms. The average Bonchev–Trinajstić information content (AvgIpc) is 3.57. The van der Waals surface area contributed by atoms with Crippen molar-refractivity contribution >= 4 is 48.1 Å². The van der Waals surface area contributed by atoms with Gasteiger partial charge in [0.1, 0.15) is 21.2 Å². The maximum absolute atomic E-state index is 14.0. The molecule has 10 nitrogen and oxygen atoms in total. The van der Waals surface area contributed by atoms with Crippen molar-refractivity contribution in [3.63, 3.8) is 0 Å². The number of carbonyl (C=O) groups excluding carboxylic acids is 1. The maximum atomic E-state index is 14.0. The fraction of sp³-hybridized carbons (Fsp3) is 0.417. The number of amidine groups is 1. The largest absolute Gasteiger partial charge is 0.511 e. The minimum atomic E-state index is -4.37. The zero-order valence-electron chi connectivity index (χ0n) is 20.5. The number of aliphatic hydroxyl groups excluding tert-OH is 1. The van der Waals surface area contributed by atoms with E-state index in [0.29, 0.717) is 5.56 Å². The van der Waals surface area contributed by atoms with E-state index in [1.807, 2.05) is 0 Å². The van der Waals surface area contributed by atoms with Gasteiger partial charge in [-0.15, -0.1) is 15.7 Å².